The molecule has 2 aliphatic heterocycles. The van der Waals surface area contributed by atoms with Gasteiger partial charge in [0.05, 0.1) is 18.6 Å². The Morgan fingerprint density at radius 3 is 2.52 bits per heavy atom. The van der Waals surface area contributed by atoms with Gasteiger partial charge in [0.2, 0.25) is 0 Å². The summed E-state index contributed by atoms with van der Waals surface area (Å²) in [5.74, 6) is -0.501. The van der Waals surface area contributed by atoms with Crippen LogP contribution in [0.5, 0.6) is 0 Å². The average Bonchev–Trinajstić information content (AvgIpc) is 2.86. The van der Waals surface area contributed by atoms with Gasteiger partial charge in [-0.2, -0.15) is 0 Å². The van der Waals surface area contributed by atoms with E-state index in [2.05, 4.69) is 5.32 Å². The van der Waals surface area contributed by atoms with Crippen LogP contribution in [0.1, 0.15) is 37.2 Å². The van der Waals surface area contributed by atoms with E-state index in [1.807, 2.05) is 30.3 Å². The van der Waals surface area contributed by atoms with Crippen molar-refractivity contribution in [2.45, 2.75) is 49.8 Å². The fourth-order valence-electron chi connectivity index (χ4n) is 3.52. The van der Waals surface area contributed by atoms with Gasteiger partial charge in [-0.15, -0.1) is 0 Å². The van der Waals surface area contributed by atoms with Crippen molar-refractivity contribution < 1.29 is 14.6 Å². The predicted molar refractivity (Wildman–Crippen MR) is 80.2 cm³/mol. The average molecular weight is 289 g/mol. The van der Waals surface area contributed by atoms with Crippen LogP contribution < -0.4 is 5.32 Å². The van der Waals surface area contributed by atoms with Crippen LogP contribution in [0.2, 0.25) is 0 Å². The van der Waals surface area contributed by atoms with Crippen molar-refractivity contribution in [3.8, 4) is 0 Å². The van der Waals surface area contributed by atoms with Crippen LogP contribution in [0.4, 0.5) is 0 Å². The maximum atomic E-state index is 12.3. The number of aliphatic hydroxyl groups is 1. The van der Waals surface area contributed by atoms with Crippen LogP contribution in [0.3, 0.4) is 0 Å². The van der Waals surface area contributed by atoms with Crippen molar-refractivity contribution in [1.82, 2.24) is 5.32 Å². The molecule has 0 saturated carbocycles. The number of carbonyl (C=O) groups is 1. The van der Waals surface area contributed by atoms with Gasteiger partial charge in [-0.05, 0) is 31.2 Å². The second kappa shape index (κ2) is 6.69. The van der Waals surface area contributed by atoms with Crippen molar-refractivity contribution in [3.05, 3.63) is 35.9 Å². The highest BCUT2D eigenvalue weighted by Gasteiger charge is 2.34. The van der Waals surface area contributed by atoms with Crippen LogP contribution in [0, 0.1) is 0 Å². The van der Waals surface area contributed by atoms with E-state index in [0.29, 0.717) is 12.1 Å². The Bertz CT molecular complexity index is 464. The Balaban J connectivity index is 1.53. The lowest BCUT2D eigenvalue weighted by Gasteiger charge is -2.29. The first-order valence-corrected chi connectivity index (χ1v) is 7.82. The van der Waals surface area contributed by atoms with Crippen LogP contribution in [0.25, 0.3) is 0 Å². The third-order valence-corrected chi connectivity index (χ3v) is 4.66. The molecule has 4 heteroatoms. The van der Waals surface area contributed by atoms with Crippen molar-refractivity contribution in [2.24, 2.45) is 0 Å². The first-order chi connectivity index (χ1) is 10.3. The molecule has 3 atom stereocenters. The highest BCUT2D eigenvalue weighted by Crippen LogP contribution is 2.28. The highest BCUT2D eigenvalue weighted by molar-refractivity contribution is 5.87. The molecular weight excluding hydrogens is 266 g/mol. The summed E-state index contributed by atoms with van der Waals surface area (Å²) in [6.07, 6.45) is 4.63. The number of rotatable bonds is 6. The molecule has 0 spiro atoms. The number of aliphatic hydroxyl groups excluding tert-OH is 1. The van der Waals surface area contributed by atoms with E-state index in [4.69, 9.17) is 4.74 Å². The van der Waals surface area contributed by atoms with Crippen molar-refractivity contribution in [2.75, 3.05) is 13.2 Å². The third kappa shape index (κ3) is 3.51. The molecule has 2 N–H and O–H groups in total. The quantitative estimate of drug-likeness (QED) is 0.836. The highest BCUT2D eigenvalue weighted by atomic mass is 16.5. The van der Waals surface area contributed by atoms with E-state index >= 15 is 0 Å². The van der Waals surface area contributed by atoms with Gasteiger partial charge in [0.1, 0.15) is 6.61 Å². The smallest absolute Gasteiger partial charge is 0.168 e. The molecule has 1 aromatic carbocycles. The summed E-state index contributed by atoms with van der Waals surface area (Å²) in [6, 6.07) is 10.6. The zero-order valence-corrected chi connectivity index (χ0v) is 12.2. The Morgan fingerprint density at radius 2 is 1.90 bits per heavy atom. The summed E-state index contributed by atoms with van der Waals surface area (Å²) in [7, 11) is 0. The SMILES string of the molecule is O=C(COC1CC2CCC(C1)N2)[C@H](CO)c1ccccc1. The normalized spacial score (nSPS) is 29.3. The van der Waals surface area contributed by atoms with Gasteiger partial charge in [0.15, 0.2) is 5.78 Å². The summed E-state index contributed by atoms with van der Waals surface area (Å²) >= 11 is 0. The first-order valence-electron chi connectivity index (χ1n) is 7.82. The van der Waals surface area contributed by atoms with Crippen LogP contribution in [-0.4, -0.2) is 42.3 Å². The fraction of sp³-hybridized carbons (Fsp3) is 0.588. The molecule has 114 valence electrons. The number of Topliss-reactive ketones (excluding diaryl/α,β-unsaturated/α-hetero) is 1. The molecule has 4 nitrogen and oxygen atoms in total. The second-order valence-corrected chi connectivity index (χ2v) is 6.15. The molecule has 0 aliphatic carbocycles. The topological polar surface area (TPSA) is 58.6 Å². The van der Waals surface area contributed by atoms with Gasteiger partial charge in [-0.3, -0.25) is 4.79 Å². The Morgan fingerprint density at radius 1 is 1.24 bits per heavy atom. The van der Waals surface area contributed by atoms with Gasteiger partial charge in [0, 0.05) is 12.1 Å². The molecule has 2 heterocycles. The molecule has 3 rings (SSSR count). The van der Waals surface area contributed by atoms with Gasteiger partial charge in [-0.25, -0.2) is 0 Å². The molecule has 2 bridgehead atoms. The van der Waals surface area contributed by atoms with Crippen LogP contribution >= 0.6 is 0 Å². The lowest BCUT2D eigenvalue weighted by Crippen LogP contribution is -2.42. The molecule has 21 heavy (non-hydrogen) atoms. The number of carbonyl (C=O) groups excluding carboxylic acids is 1. The van der Waals surface area contributed by atoms with Crippen LogP contribution in [-0.2, 0) is 9.53 Å². The summed E-state index contributed by atoms with van der Waals surface area (Å²) < 4.78 is 5.83. The summed E-state index contributed by atoms with van der Waals surface area (Å²) in [5.41, 5.74) is 0.860. The molecule has 0 amide bonds. The summed E-state index contributed by atoms with van der Waals surface area (Å²) in [6.45, 7) is -0.0616. The van der Waals surface area contributed by atoms with E-state index in [1.54, 1.807) is 0 Å². The molecule has 2 aliphatic rings. The number of hydrogen-bond donors (Lipinski definition) is 2. The van der Waals surface area contributed by atoms with E-state index in [0.717, 1.165) is 18.4 Å². The van der Waals surface area contributed by atoms with Gasteiger partial charge >= 0.3 is 0 Å². The number of piperidine rings is 1. The number of benzene rings is 1. The standard InChI is InChI=1S/C17H23NO3/c19-10-16(12-4-2-1-3-5-12)17(20)11-21-15-8-13-6-7-14(9-15)18-13/h1-5,13-16,18-19H,6-11H2/t13?,14?,15?,16-/m1/s1. The Kier molecular flexibility index (Phi) is 4.68. The molecule has 1 aromatic rings. The maximum absolute atomic E-state index is 12.3. The molecule has 0 radical (unpaired) electrons. The minimum atomic E-state index is -0.468. The summed E-state index contributed by atoms with van der Waals surface area (Å²) in [4.78, 5) is 12.3. The second-order valence-electron chi connectivity index (χ2n) is 6.15. The van der Waals surface area contributed by atoms with Crippen molar-refractivity contribution >= 4 is 5.78 Å². The Hall–Kier alpha value is -1.23. The lowest BCUT2D eigenvalue weighted by molar-refractivity contribution is -0.128. The molecule has 2 saturated heterocycles. The number of ketones is 1. The Labute approximate surface area is 125 Å². The number of nitrogens with one attached hydrogen (secondary N) is 1. The number of ether oxygens (including phenoxy) is 1. The van der Waals surface area contributed by atoms with Gasteiger partial charge < -0.3 is 15.2 Å². The summed E-state index contributed by atoms with van der Waals surface area (Å²) in [5, 5.41) is 13.1. The lowest BCUT2D eigenvalue weighted by atomic mass is 9.96. The zero-order chi connectivity index (χ0) is 14.7. The molecule has 2 unspecified atom stereocenters. The van der Waals surface area contributed by atoms with Crippen LogP contribution in [0.15, 0.2) is 30.3 Å². The first kappa shape index (κ1) is 14.7. The monoisotopic (exact) mass is 289 g/mol. The van der Waals surface area contributed by atoms with Gasteiger partial charge in [0.25, 0.3) is 0 Å². The van der Waals surface area contributed by atoms with E-state index in [-0.39, 0.29) is 25.1 Å². The fourth-order valence-corrected chi connectivity index (χ4v) is 3.52. The minimum absolute atomic E-state index is 0.0328. The largest absolute Gasteiger partial charge is 0.395 e. The van der Waals surface area contributed by atoms with E-state index < -0.39 is 5.92 Å². The number of hydrogen-bond acceptors (Lipinski definition) is 4. The maximum Gasteiger partial charge on any atom is 0.168 e. The molecule has 2 fully saturated rings. The number of fused-ring (bicyclic) bond motifs is 2. The third-order valence-electron chi connectivity index (χ3n) is 4.66. The van der Waals surface area contributed by atoms with Crippen molar-refractivity contribution in [3.63, 3.8) is 0 Å². The molecule has 0 aromatic heterocycles. The van der Waals surface area contributed by atoms with E-state index in [9.17, 15) is 9.90 Å². The molecular formula is C17H23NO3. The van der Waals surface area contributed by atoms with Gasteiger partial charge in [-0.1, -0.05) is 30.3 Å². The minimum Gasteiger partial charge on any atom is -0.395 e. The van der Waals surface area contributed by atoms with E-state index in [1.165, 1.54) is 12.8 Å². The van der Waals surface area contributed by atoms with Crippen molar-refractivity contribution in [1.29, 1.82) is 0 Å². The predicted octanol–water partition coefficient (Wildman–Crippen LogP) is 1.63. The zero-order valence-electron chi connectivity index (χ0n) is 12.2.